The van der Waals surface area contributed by atoms with Crippen molar-refractivity contribution in [2.24, 2.45) is 0 Å². The highest BCUT2D eigenvalue weighted by molar-refractivity contribution is 5.85. The van der Waals surface area contributed by atoms with Crippen molar-refractivity contribution < 1.29 is 9.53 Å². The lowest BCUT2D eigenvalue weighted by atomic mass is 10.1. The first-order chi connectivity index (χ1) is 9.65. The van der Waals surface area contributed by atoms with Crippen molar-refractivity contribution >= 4 is 18.3 Å². The van der Waals surface area contributed by atoms with Gasteiger partial charge in [-0.05, 0) is 50.4 Å². The Balaban J connectivity index is 0.00000220. The van der Waals surface area contributed by atoms with Crippen LogP contribution in [0, 0.1) is 13.8 Å². The van der Waals surface area contributed by atoms with Crippen LogP contribution >= 0.6 is 12.4 Å². The molecule has 2 N–H and O–H groups in total. The number of aryl methyl sites for hydroxylation is 2. The van der Waals surface area contributed by atoms with Crippen LogP contribution in [-0.2, 0) is 4.79 Å². The highest BCUT2D eigenvalue weighted by atomic mass is 35.5. The molecule has 1 aromatic rings. The number of halogens is 1. The van der Waals surface area contributed by atoms with Crippen molar-refractivity contribution in [3.63, 3.8) is 0 Å². The minimum atomic E-state index is 0. The number of amides is 1. The number of carbonyl (C=O) groups excluding carboxylic acids is 1. The standard InChI is InChI=1S/C16H24N2O2.ClH/c1-12-5-6-13(2)15(10-12)20-9-7-16(19)18-11-14-4-3-8-17-14;/h5-6,10,14,17H,3-4,7-9,11H2,1-2H3,(H,18,19);1H. The van der Waals surface area contributed by atoms with Crippen LogP contribution in [0.5, 0.6) is 5.75 Å². The van der Waals surface area contributed by atoms with E-state index in [1.165, 1.54) is 12.0 Å². The van der Waals surface area contributed by atoms with Gasteiger partial charge < -0.3 is 15.4 Å². The van der Waals surface area contributed by atoms with Gasteiger partial charge in [0.1, 0.15) is 5.75 Å². The lowest BCUT2D eigenvalue weighted by Gasteiger charge is -2.12. The zero-order valence-corrected chi connectivity index (χ0v) is 13.6. The Morgan fingerprint density at radius 1 is 1.43 bits per heavy atom. The summed E-state index contributed by atoms with van der Waals surface area (Å²) in [6.45, 7) is 6.26. The maximum atomic E-state index is 11.7. The minimum absolute atomic E-state index is 0. The molecular weight excluding hydrogens is 288 g/mol. The third-order valence-corrected chi connectivity index (χ3v) is 3.64. The highest BCUT2D eigenvalue weighted by Crippen LogP contribution is 2.19. The number of hydrogen-bond acceptors (Lipinski definition) is 3. The molecule has 4 nitrogen and oxygen atoms in total. The van der Waals surface area contributed by atoms with Gasteiger partial charge in [0, 0.05) is 12.6 Å². The molecule has 1 aromatic carbocycles. The van der Waals surface area contributed by atoms with Crippen LogP contribution in [-0.4, -0.2) is 31.6 Å². The summed E-state index contributed by atoms with van der Waals surface area (Å²) >= 11 is 0. The number of hydrogen-bond donors (Lipinski definition) is 2. The molecule has 1 atom stereocenters. The van der Waals surface area contributed by atoms with Gasteiger partial charge >= 0.3 is 0 Å². The van der Waals surface area contributed by atoms with Crippen LogP contribution in [0.2, 0.25) is 0 Å². The second-order valence-electron chi connectivity index (χ2n) is 5.46. The summed E-state index contributed by atoms with van der Waals surface area (Å²) < 4.78 is 5.68. The first-order valence-electron chi connectivity index (χ1n) is 7.35. The summed E-state index contributed by atoms with van der Waals surface area (Å²) in [7, 11) is 0. The number of carbonyl (C=O) groups is 1. The summed E-state index contributed by atoms with van der Waals surface area (Å²) in [6.07, 6.45) is 2.76. The van der Waals surface area contributed by atoms with Gasteiger partial charge in [0.15, 0.2) is 0 Å². The zero-order valence-electron chi connectivity index (χ0n) is 12.8. The van der Waals surface area contributed by atoms with Crippen molar-refractivity contribution in [2.75, 3.05) is 19.7 Å². The van der Waals surface area contributed by atoms with E-state index in [2.05, 4.69) is 16.7 Å². The monoisotopic (exact) mass is 312 g/mol. The van der Waals surface area contributed by atoms with Crippen molar-refractivity contribution in [1.82, 2.24) is 10.6 Å². The maximum Gasteiger partial charge on any atom is 0.223 e. The van der Waals surface area contributed by atoms with Crippen LogP contribution in [0.15, 0.2) is 18.2 Å². The molecule has 0 spiro atoms. The molecular formula is C16H25ClN2O2. The first-order valence-corrected chi connectivity index (χ1v) is 7.35. The fraction of sp³-hybridized carbons (Fsp3) is 0.562. The molecule has 0 aromatic heterocycles. The van der Waals surface area contributed by atoms with E-state index >= 15 is 0 Å². The van der Waals surface area contributed by atoms with Crippen molar-refractivity contribution in [2.45, 2.75) is 39.2 Å². The molecule has 0 radical (unpaired) electrons. The molecule has 0 aliphatic carbocycles. The quantitative estimate of drug-likeness (QED) is 0.848. The molecule has 1 heterocycles. The van der Waals surface area contributed by atoms with Gasteiger partial charge in [-0.2, -0.15) is 0 Å². The van der Waals surface area contributed by atoms with Crippen molar-refractivity contribution in [1.29, 1.82) is 0 Å². The van der Waals surface area contributed by atoms with E-state index in [-0.39, 0.29) is 18.3 Å². The lowest BCUT2D eigenvalue weighted by Crippen LogP contribution is -2.37. The van der Waals surface area contributed by atoms with Crippen LogP contribution < -0.4 is 15.4 Å². The number of ether oxygens (including phenoxy) is 1. The van der Waals surface area contributed by atoms with E-state index in [1.54, 1.807) is 0 Å². The topological polar surface area (TPSA) is 50.4 Å². The Morgan fingerprint density at radius 3 is 2.95 bits per heavy atom. The van der Waals surface area contributed by atoms with E-state index in [0.29, 0.717) is 19.1 Å². The fourth-order valence-electron chi connectivity index (χ4n) is 2.37. The van der Waals surface area contributed by atoms with Gasteiger partial charge in [0.05, 0.1) is 13.0 Å². The molecule has 1 amide bonds. The molecule has 2 rings (SSSR count). The summed E-state index contributed by atoms with van der Waals surface area (Å²) in [5, 5.41) is 6.32. The van der Waals surface area contributed by atoms with E-state index in [9.17, 15) is 4.79 Å². The predicted octanol–water partition coefficient (Wildman–Crippen LogP) is 2.36. The Hall–Kier alpha value is -1.26. The Labute approximate surface area is 133 Å². The number of benzene rings is 1. The number of nitrogens with one attached hydrogen (secondary N) is 2. The SMILES string of the molecule is Cc1ccc(C)c(OCCC(=O)NCC2CCCN2)c1.Cl. The van der Waals surface area contributed by atoms with Crippen molar-refractivity contribution in [3.05, 3.63) is 29.3 Å². The highest BCUT2D eigenvalue weighted by Gasteiger charge is 2.14. The molecule has 1 aliphatic rings. The van der Waals surface area contributed by atoms with Gasteiger partial charge in [-0.3, -0.25) is 4.79 Å². The van der Waals surface area contributed by atoms with Gasteiger partial charge in [-0.25, -0.2) is 0 Å². The van der Waals surface area contributed by atoms with Crippen LogP contribution in [0.1, 0.15) is 30.4 Å². The average molecular weight is 313 g/mol. The summed E-state index contributed by atoms with van der Waals surface area (Å²) in [5.41, 5.74) is 2.27. The van der Waals surface area contributed by atoms with Crippen molar-refractivity contribution in [3.8, 4) is 5.75 Å². The summed E-state index contributed by atoms with van der Waals surface area (Å²) in [5.74, 6) is 0.930. The normalized spacial score (nSPS) is 17.1. The number of rotatable bonds is 6. The minimum Gasteiger partial charge on any atom is -0.493 e. The predicted molar refractivity (Wildman–Crippen MR) is 87.3 cm³/mol. The Bertz CT molecular complexity index is 460. The zero-order chi connectivity index (χ0) is 14.4. The summed E-state index contributed by atoms with van der Waals surface area (Å²) in [6, 6.07) is 6.55. The smallest absolute Gasteiger partial charge is 0.223 e. The third-order valence-electron chi connectivity index (χ3n) is 3.64. The molecule has 1 unspecified atom stereocenters. The Kier molecular flexibility index (Phi) is 7.54. The third kappa shape index (κ3) is 5.94. The molecule has 1 fully saturated rings. The van der Waals surface area contributed by atoms with Gasteiger partial charge in [0.25, 0.3) is 0 Å². The average Bonchev–Trinajstić information content (AvgIpc) is 2.93. The second-order valence-corrected chi connectivity index (χ2v) is 5.46. The molecule has 1 aliphatic heterocycles. The second kappa shape index (κ2) is 8.90. The van der Waals surface area contributed by atoms with E-state index < -0.39 is 0 Å². The van der Waals surface area contributed by atoms with Gasteiger partial charge in [-0.1, -0.05) is 12.1 Å². The van der Waals surface area contributed by atoms with Crippen LogP contribution in [0.4, 0.5) is 0 Å². The van der Waals surface area contributed by atoms with E-state index in [0.717, 1.165) is 30.8 Å². The molecule has 0 saturated carbocycles. The van der Waals surface area contributed by atoms with Gasteiger partial charge in [0.2, 0.25) is 5.91 Å². The molecule has 0 bridgehead atoms. The molecule has 1 saturated heterocycles. The first kappa shape index (κ1) is 17.8. The maximum absolute atomic E-state index is 11.7. The van der Waals surface area contributed by atoms with Gasteiger partial charge in [-0.15, -0.1) is 12.4 Å². The lowest BCUT2D eigenvalue weighted by molar-refractivity contribution is -0.121. The molecule has 5 heteroatoms. The molecule has 21 heavy (non-hydrogen) atoms. The van der Waals surface area contributed by atoms with Crippen LogP contribution in [0.3, 0.4) is 0 Å². The van der Waals surface area contributed by atoms with E-state index in [1.807, 2.05) is 26.0 Å². The van der Waals surface area contributed by atoms with E-state index in [4.69, 9.17) is 4.74 Å². The van der Waals surface area contributed by atoms with Crippen LogP contribution in [0.25, 0.3) is 0 Å². The Morgan fingerprint density at radius 2 is 2.24 bits per heavy atom. The summed E-state index contributed by atoms with van der Waals surface area (Å²) in [4.78, 5) is 11.7. The molecule has 118 valence electrons. The fourth-order valence-corrected chi connectivity index (χ4v) is 2.37. The largest absolute Gasteiger partial charge is 0.493 e.